The topological polar surface area (TPSA) is 111 Å². The second kappa shape index (κ2) is 14.3. The van der Waals surface area contributed by atoms with Gasteiger partial charge in [-0.2, -0.15) is 0 Å². The highest BCUT2D eigenvalue weighted by atomic mass is 16.5. The molecule has 2 amide bonds. The van der Waals surface area contributed by atoms with Gasteiger partial charge < -0.3 is 15.8 Å². The Balaban J connectivity index is 2.12. The number of hydrogen-bond acceptors (Lipinski definition) is 5. The smallest absolute Gasteiger partial charge is 0.323 e. The number of ether oxygens (including phenoxy) is 1. The summed E-state index contributed by atoms with van der Waals surface area (Å²) in [7, 11) is 0. The van der Waals surface area contributed by atoms with Gasteiger partial charge in [-0.3, -0.25) is 19.7 Å². The normalized spacial score (nSPS) is 13.8. The molecule has 0 fully saturated rings. The van der Waals surface area contributed by atoms with Crippen LogP contribution in [0.3, 0.4) is 0 Å². The Morgan fingerprint density at radius 1 is 0.771 bits per heavy atom. The van der Waals surface area contributed by atoms with Crippen LogP contribution in [0.2, 0.25) is 0 Å². The minimum Gasteiger partial charge on any atom is -0.460 e. The first-order valence-electron chi connectivity index (χ1n) is 12.3. The molecule has 7 nitrogen and oxygen atoms in total. The Hall–Kier alpha value is -3.19. The molecule has 0 saturated carbocycles. The van der Waals surface area contributed by atoms with Gasteiger partial charge in [0, 0.05) is 6.42 Å². The van der Waals surface area contributed by atoms with Gasteiger partial charge in [-0.1, -0.05) is 88.4 Å². The molecule has 0 aliphatic heterocycles. The quantitative estimate of drug-likeness (QED) is 0.358. The molecule has 190 valence electrons. The van der Waals surface area contributed by atoms with Gasteiger partial charge in [-0.15, -0.1) is 0 Å². The number of primary amides is 1. The van der Waals surface area contributed by atoms with Gasteiger partial charge in [0.2, 0.25) is 11.8 Å². The van der Waals surface area contributed by atoms with Crippen molar-refractivity contribution in [3.8, 4) is 0 Å². The second-order valence-corrected chi connectivity index (χ2v) is 9.78. The lowest BCUT2D eigenvalue weighted by Gasteiger charge is -2.27. The van der Waals surface area contributed by atoms with Gasteiger partial charge in [0.05, 0.1) is 6.04 Å². The molecule has 35 heavy (non-hydrogen) atoms. The van der Waals surface area contributed by atoms with E-state index in [1.807, 2.05) is 88.4 Å². The average Bonchev–Trinajstić information content (AvgIpc) is 2.81. The van der Waals surface area contributed by atoms with Crippen molar-refractivity contribution in [2.24, 2.45) is 17.6 Å². The van der Waals surface area contributed by atoms with Crippen LogP contribution in [0.5, 0.6) is 0 Å². The van der Waals surface area contributed by atoms with Crippen LogP contribution in [0.15, 0.2) is 60.7 Å². The van der Waals surface area contributed by atoms with Crippen molar-refractivity contribution in [2.75, 3.05) is 0 Å². The number of carbonyl (C=O) groups is 3. The van der Waals surface area contributed by atoms with E-state index in [-0.39, 0.29) is 24.3 Å². The first-order valence-corrected chi connectivity index (χ1v) is 12.3. The van der Waals surface area contributed by atoms with Crippen molar-refractivity contribution in [1.29, 1.82) is 0 Å². The summed E-state index contributed by atoms with van der Waals surface area (Å²) in [4.78, 5) is 38.3. The van der Waals surface area contributed by atoms with Gasteiger partial charge in [0.15, 0.2) is 0 Å². The van der Waals surface area contributed by atoms with E-state index in [9.17, 15) is 14.4 Å². The number of nitrogens with two attached hydrogens (primary N) is 1. The molecule has 0 bridgehead atoms. The van der Waals surface area contributed by atoms with E-state index >= 15 is 0 Å². The molecule has 2 aromatic rings. The fraction of sp³-hybridized carbons (Fsp3) is 0.464. The molecular formula is C28H39N3O4. The summed E-state index contributed by atoms with van der Waals surface area (Å²) in [6.07, 6.45) is 1.30. The lowest BCUT2D eigenvalue weighted by atomic mass is 9.98. The van der Waals surface area contributed by atoms with Crippen molar-refractivity contribution in [3.05, 3.63) is 71.8 Å². The summed E-state index contributed by atoms with van der Waals surface area (Å²) >= 11 is 0. The van der Waals surface area contributed by atoms with Crippen LogP contribution in [0.25, 0.3) is 0 Å². The van der Waals surface area contributed by atoms with E-state index in [0.717, 1.165) is 11.1 Å². The summed E-state index contributed by atoms with van der Waals surface area (Å²) in [6, 6.07) is 16.7. The molecule has 0 spiro atoms. The minimum atomic E-state index is -0.852. The van der Waals surface area contributed by atoms with Crippen molar-refractivity contribution >= 4 is 17.8 Å². The van der Waals surface area contributed by atoms with E-state index in [1.54, 1.807) is 0 Å². The molecule has 2 aromatic carbocycles. The van der Waals surface area contributed by atoms with Gasteiger partial charge in [-0.25, -0.2) is 0 Å². The number of rotatable bonds is 14. The second-order valence-electron chi connectivity index (χ2n) is 9.78. The third-order valence-corrected chi connectivity index (χ3v) is 5.58. The Kier molecular flexibility index (Phi) is 11.4. The van der Waals surface area contributed by atoms with E-state index in [2.05, 4.69) is 10.6 Å². The van der Waals surface area contributed by atoms with E-state index < -0.39 is 30.0 Å². The first kappa shape index (κ1) is 28.1. The molecule has 3 atom stereocenters. The zero-order valence-electron chi connectivity index (χ0n) is 21.2. The van der Waals surface area contributed by atoms with Crippen LogP contribution in [0.4, 0.5) is 0 Å². The fourth-order valence-electron chi connectivity index (χ4n) is 3.84. The molecule has 0 aliphatic carbocycles. The number of benzene rings is 2. The highest BCUT2D eigenvalue weighted by Crippen LogP contribution is 2.13. The van der Waals surface area contributed by atoms with E-state index in [0.29, 0.717) is 19.3 Å². The van der Waals surface area contributed by atoms with Crippen molar-refractivity contribution in [2.45, 2.75) is 71.7 Å². The maximum Gasteiger partial charge on any atom is 0.323 e. The Morgan fingerprint density at radius 2 is 1.29 bits per heavy atom. The SMILES string of the molecule is CC(C)CC(N[C@@H](CC(C)C)C(=O)N[C@@H](Cc1ccccc1)C(N)=O)C(=O)OCc1ccccc1. The molecule has 0 aromatic heterocycles. The van der Waals surface area contributed by atoms with Gasteiger partial charge in [0.1, 0.15) is 18.7 Å². The predicted octanol–water partition coefficient (Wildman–Crippen LogP) is 3.36. The molecule has 0 heterocycles. The fourth-order valence-corrected chi connectivity index (χ4v) is 3.84. The minimum absolute atomic E-state index is 0.165. The standard InChI is InChI=1S/C28H39N3O4/c1-19(2)15-24(27(33)31-23(26(29)32)17-21-11-7-5-8-12-21)30-25(16-20(3)4)28(34)35-18-22-13-9-6-10-14-22/h5-14,19-20,23-25,30H,15-18H2,1-4H3,(H2,29,32)(H,31,33)/t23-,24-,25?/m0/s1. The predicted molar refractivity (Wildman–Crippen MR) is 137 cm³/mol. The lowest BCUT2D eigenvalue weighted by molar-refractivity contribution is -0.148. The molecule has 0 saturated heterocycles. The van der Waals surface area contributed by atoms with Gasteiger partial charge >= 0.3 is 5.97 Å². The van der Waals surface area contributed by atoms with Crippen LogP contribution in [-0.4, -0.2) is 35.9 Å². The number of hydrogen-bond donors (Lipinski definition) is 3. The van der Waals surface area contributed by atoms with Crippen molar-refractivity contribution in [3.63, 3.8) is 0 Å². The molecule has 1 unspecified atom stereocenters. The number of carbonyl (C=O) groups excluding carboxylic acids is 3. The monoisotopic (exact) mass is 481 g/mol. The molecule has 2 rings (SSSR count). The van der Waals surface area contributed by atoms with Crippen molar-refractivity contribution < 1.29 is 19.1 Å². The molecule has 0 aliphatic rings. The highest BCUT2D eigenvalue weighted by Gasteiger charge is 2.30. The molecule has 0 radical (unpaired) electrons. The molecular weight excluding hydrogens is 442 g/mol. The number of esters is 1. The maximum atomic E-state index is 13.3. The number of nitrogens with one attached hydrogen (secondary N) is 2. The third-order valence-electron chi connectivity index (χ3n) is 5.58. The van der Waals surface area contributed by atoms with Crippen LogP contribution in [-0.2, 0) is 32.1 Å². The Morgan fingerprint density at radius 3 is 1.80 bits per heavy atom. The summed E-state index contributed by atoms with van der Waals surface area (Å²) in [5.74, 6) is -0.982. The average molecular weight is 482 g/mol. The largest absolute Gasteiger partial charge is 0.460 e. The van der Waals surface area contributed by atoms with Crippen LogP contribution >= 0.6 is 0 Å². The Labute approximate surface area is 208 Å². The van der Waals surface area contributed by atoms with E-state index in [4.69, 9.17) is 10.5 Å². The zero-order chi connectivity index (χ0) is 25.8. The Bertz CT molecular complexity index is 932. The highest BCUT2D eigenvalue weighted by molar-refractivity contribution is 5.89. The summed E-state index contributed by atoms with van der Waals surface area (Å²) < 4.78 is 5.57. The number of amides is 2. The van der Waals surface area contributed by atoms with Crippen LogP contribution in [0, 0.1) is 11.8 Å². The zero-order valence-corrected chi connectivity index (χ0v) is 21.2. The molecule has 4 N–H and O–H groups in total. The first-order chi connectivity index (χ1) is 16.7. The van der Waals surface area contributed by atoms with Crippen molar-refractivity contribution in [1.82, 2.24) is 10.6 Å². The molecule has 7 heteroatoms. The summed E-state index contributed by atoms with van der Waals surface area (Å²) in [5.41, 5.74) is 7.39. The van der Waals surface area contributed by atoms with Gasteiger partial charge in [0.25, 0.3) is 0 Å². The van der Waals surface area contributed by atoms with Crippen LogP contribution < -0.4 is 16.4 Å². The van der Waals surface area contributed by atoms with Crippen LogP contribution in [0.1, 0.15) is 51.7 Å². The maximum absolute atomic E-state index is 13.3. The van der Waals surface area contributed by atoms with E-state index in [1.165, 1.54) is 0 Å². The summed E-state index contributed by atoms with van der Waals surface area (Å²) in [5, 5.41) is 6.02. The summed E-state index contributed by atoms with van der Waals surface area (Å²) in [6.45, 7) is 8.20. The van der Waals surface area contributed by atoms with Gasteiger partial charge in [-0.05, 0) is 35.8 Å². The third kappa shape index (κ3) is 10.3. The lowest BCUT2D eigenvalue weighted by Crippen LogP contribution is -2.56.